The number of hydrogen-bond donors (Lipinski definition) is 2. The van der Waals surface area contributed by atoms with E-state index in [9.17, 15) is 9.18 Å². The number of carbonyl (C=O) groups is 1. The summed E-state index contributed by atoms with van der Waals surface area (Å²) in [6, 6.07) is 9.26. The van der Waals surface area contributed by atoms with Crippen molar-refractivity contribution in [1.82, 2.24) is 0 Å². The topological polar surface area (TPSA) is 64.4 Å². The molecule has 0 atom stereocenters. The lowest BCUT2D eigenvalue weighted by molar-refractivity contribution is 0.102. The molecular formula is C18H20ClFN2O2. The predicted octanol–water partition coefficient (Wildman–Crippen LogP) is 4.18. The number of hydrogen-bond acceptors (Lipinski definition) is 3. The first-order valence-electron chi connectivity index (χ1n) is 7.63. The van der Waals surface area contributed by atoms with Crippen LogP contribution in [0.1, 0.15) is 28.8 Å². The molecule has 4 nitrogen and oxygen atoms in total. The van der Waals surface area contributed by atoms with Gasteiger partial charge < -0.3 is 15.8 Å². The number of nitrogen functional groups attached to an aromatic ring is 1. The molecule has 1 amide bonds. The van der Waals surface area contributed by atoms with Crippen LogP contribution in [0.3, 0.4) is 0 Å². The Kier molecular flexibility index (Phi) is 5.67. The molecule has 0 spiro atoms. The maximum atomic E-state index is 13.5. The van der Waals surface area contributed by atoms with Crippen LogP contribution < -0.4 is 15.8 Å². The smallest absolute Gasteiger partial charge is 0.256 e. The van der Waals surface area contributed by atoms with E-state index in [4.69, 9.17) is 10.5 Å². The highest BCUT2D eigenvalue weighted by molar-refractivity contribution is 6.06. The predicted molar refractivity (Wildman–Crippen MR) is 95.4 cm³/mol. The normalized spacial score (nSPS) is 13.1. The van der Waals surface area contributed by atoms with Gasteiger partial charge in [0.15, 0.2) is 0 Å². The molecule has 0 radical (unpaired) electrons. The molecule has 0 aliphatic heterocycles. The fraction of sp³-hybridized carbons (Fsp3) is 0.278. The van der Waals surface area contributed by atoms with E-state index >= 15 is 0 Å². The molecule has 0 aromatic heterocycles. The number of ether oxygens (including phenoxy) is 1. The van der Waals surface area contributed by atoms with Gasteiger partial charge >= 0.3 is 0 Å². The Morgan fingerprint density at radius 3 is 2.75 bits per heavy atom. The van der Waals surface area contributed by atoms with E-state index in [-0.39, 0.29) is 18.3 Å². The van der Waals surface area contributed by atoms with E-state index < -0.39 is 5.82 Å². The van der Waals surface area contributed by atoms with Gasteiger partial charge in [-0.1, -0.05) is 6.07 Å². The van der Waals surface area contributed by atoms with E-state index in [1.54, 1.807) is 18.2 Å². The lowest BCUT2D eigenvalue weighted by atomic mass is 10.1. The lowest BCUT2D eigenvalue weighted by Crippen LogP contribution is -2.15. The van der Waals surface area contributed by atoms with E-state index in [0.29, 0.717) is 35.2 Å². The van der Waals surface area contributed by atoms with Gasteiger partial charge in [-0.2, -0.15) is 0 Å². The van der Waals surface area contributed by atoms with Crippen LogP contribution in [0.15, 0.2) is 36.4 Å². The SMILES string of the molecule is Cc1ccc(N)cc1C(=O)Nc1ccc(F)cc1OCC1CC1.Cl. The average molecular weight is 351 g/mol. The summed E-state index contributed by atoms with van der Waals surface area (Å²) in [5.41, 5.74) is 8.03. The quantitative estimate of drug-likeness (QED) is 0.795. The second kappa shape index (κ2) is 7.53. The number of aryl methyl sites for hydroxylation is 1. The first-order chi connectivity index (χ1) is 11.0. The zero-order chi connectivity index (χ0) is 16.4. The molecule has 24 heavy (non-hydrogen) atoms. The van der Waals surface area contributed by atoms with Crippen LogP contribution in [0.2, 0.25) is 0 Å². The number of rotatable bonds is 5. The Morgan fingerprint density at radius 1 is 1.29 bits per heavy atom. The molecule has 128 valence electrons. The van der Waals surface area contributed by atoms with Crippen LogP contribution in [0, 0.1) is 18.7 Å². The van der Waals surface area contributed by atoms with Crippen molar-refractivity contribution in [3.63, 3.8) is 0 Å². The molecule has 0 unspecified atom stereocenters. The minimum atomic E-state index is -0.395. The van der Waals surface area contributed by atoms with E-state index in [1.807, 2.05) is 6.92 Å². The minimum absolute atomic E-state index is 0. The number of carbonyl (C=O) groups excluding carboxylic acids is 1. The van der Waals surface area contributed by atoms with Crippen molar-refractivity contribution >= 4 is 29.7 Å². The summed E-state index contributed by atoms with van der Waals surface area (Å²) in [5.74, 6) is 0.205. The van der Waals surface area contributed by atoms with Crippen LogP contribution in [-0.2, 0) is 0 Å². The molecule has 2 aromatic rings. The number of benzene rings is 2. The van der Waals surface area contributed by atoms with Crippen molar-refractivity contribution in [2.24, 2.45) is 5.92 Å². The van der Waals surface area contributed by atoms with Gasteiger partial charge in [0.2, 0.25) is 0 Å². The van der Waals surface area contributed by atoms with Crippen LogP contribution in [0.5, 0.6) is 5.75 Å². The number of anilines is 2. The highest BCUT2D eigenvalue weighted by Crippen LogP contribution is 2.32. The van der Waals surface area contributed by atoms with Crippen LogP contribution in [0.4, 0.5) is 15.8 Å². The fourth-order valence-electron chi connectivity index (χ4n) is 2.28. The largest absolute Gasteiger partial charge is 0.491 e. The zero-order valence-corrected chi connectivity index (χ0v) is 14.2. The minimum Gasteiger partial charge on any atom is -0.491 e. The van der Waals surface area contributed by atoms with Gasteiger partial charge in [-0.3, -0.25) is 4.79 Å². The van der Waals surface area contributed by atoms with E-state index in [1.165, 1.54) is 18.2 Å². The molecule has 1 fully saturated rings. The third-order valence-corrected chi connectivity index (χ3v) is 3.87. The van der Waals surface area contributed by atoms with Crippen molar-refractivity contribution in [3.8, 4) is 5.75 Å². The first kappa shape index (κ1) is 18.1. The van der Waals surface area contributed by atoms with E-state index in [0.717, 1.165) is 18.4 Å². The van der Waals surface area contributed by atoms with Crippen LogP contribution in [0.25, 0.3) is 0 Å². The fourth-order valence-corrected chi connectivity index (χ4v) is 2.28. The monoisotopic (exact) mass is 350 g/mol. The van der Waals surface area contributed by atoms with Gasteiger partial charge in [-0.15, -0.1) is 12.4 Å². The summed E-state index contributed by atoms with van der Waals surface area (Å²) in [4.78, 5) is 12.5. The summed E-state index contributed by atoms with van der Waals surface area (Å²) in [6.07, 6.45) is 2.28. The van der Waals surface area contributed by atoms with Gasteiger partial charge in [-0.05, 0) is 55.5 Å². The zero-order valence-electron chi connectivity index (χ0n) is 13.3. The Balaban J connectivity index is 0.00000208. The van der Waals surface area contributed by atoms with E-state index in [2.05, 4.69) is 5.32 Å². The third-order valence-electron chi connectivity index (χ3n) is 3.87. The molecule has 1 aliphatic rings. The van der Waals surface area contributed by atoms with Crippen LogP contribution in [-0.4, -0.2) is 12.5 Å². The maximum absolute atomic E-state index is 13.5. The second-order valence-electron chi connectivity index (χ2n) is 5.92. The molecule has 0 bridgehead atoms. The van der Waals surface area contributed by atoms with Gasteiger partial charge in [0.1, 0.15) is 11.6 Å². The summed E-state index contributed by atoms with van der Waals surface area (Å²) in [7, 11) is 0. The molecule has 0 saturated heterocycles. The van der Waals surface area contributed by atoms with Crippen molar-refractivity contribution < 1.29 is 13.9 Å². The average Bonchev–Trinajstić information content (AvgIpc) is 3.34. The number of halogens is 2. The standard InChI is InChI=1S/C18H19FN2O2.ClH/c1-11-2-6-14(20)9-15(11)18(22)21-16-7-5-13(19)8-17(16)23-10-12-3-4-12;/h2,5-9,12H,3-4,10,20H2,1H3,(H,21,22);1H. The van der Waals surface area contributed by atoms with Gasteiger partial charge in [0.25, 0.3) is 5.91 Å². The lowest BCUT2D eigenvalue weighted by Gasteiger charge is -2.13. The molecule has 0 heterocycles. The molecule has 1 aliphatic carbocycles. The number of amides is 1. The van der Waals surface area contributed by atoms with Crippen LogP contribution >= 0.6 is 12.4 Å². The Labute approximate surface area is 146 Å². The van der Waals surface area contributed by atoms with Gasteiger partial charge in [-0.25, -0.2) is 4.39 Å². The van der Waals surface area contributed by atoms with Crippen molar-refractivity contribution in [3.05, 3.63) is 53.3 Å². The Morgan fingerprint density at radius 2 is 2.04 bits per heavy atom. The van der Waals surface area contributed by atoms with Gasteiger partial charge in [0.05, 0.1) is 12.3 Å². The Hall–Kier alpha value is -2.27. The molecule has 1 saturated carbocycles. The highest BCUT2D eigenvalue weighted by Gasteiger charge is 2.23. The molecule has 3 rings (SSSR count). The third kappa shape index (κ3) is 4.38. The first-order valence-corrected chi connectivity index (χ1v) is 7.63. The maximum Gasteiger partial charge on any atom is 0.256 e. The Bertz CT molecular complexity index is 748. The number of nitrogens with two attached hydrogens (primary N) is 1. The summed E-state index contributed by atoms with van der Waals surface area (Å²) in [6.45, 7) is 2.38. The summed E-state index contributed by atoms with van der Waals surface area (Å²) < 4.78 is 19.1. The van der Waals surface area contributed by atoms with Crippen molar-refractivity contribution in [2.75, 3.05) is 17.7 Å². The second-order valence-corrected chi connectivity index (χ2v) is 5.92. The molecule has 3 N–H and O–H groups in total. The summed E-state index contributed by atoms with van der Waals surface area (Å²) in [5, 5.41) is 2.78. The summed E-state index contributed by atoms with van der Waals surface area (Å²) >= 11 is 0. The number of nitrogens with one attached hydrogen (secondary N) is 1. The van der Waals surface area contributed by atoms with Gasteiger partial charge in [0, 0.05) is 17.3 Å². The van der Waals surface area contributed by atoms with Crippen molar-refractivity contribution in [1.29, 1.82) is 0 Å². The highest BCUT2D eigenvalue weighted by atomic mass is 35.5. The van der Waals surface area contributed by atoms with Crippen molar-refractivity contribution in [2.45, 2.75) is 19.8 Å². The molecular weight excluding hydrogens is 331 g/mol. The molecule has 6 heteroatoms. The molecule has 2 aromatic carbocycles.